The molecule has 2 aliphatic rings. The van der Waals surface area contributed by atoms with Gasteiger partial charge in [0.05, 0.1) is 18.9 Å². The SMILES string of the molecule is CS(=O)(=O)N(CC(=O)N1CCCc2ccccc21)CC1CCCO1. The summed E-state index contributed by atoms with van der Waals surface area (Å²) in [5.41, 5.74) is 2.04. The average Bonchev–Trinajstić information content (AvgIpc) is 3.06. The van der Waals surface area contributed by atoms with Crippen LogP contribution in [0.15, 0.2) is 24.3 Å². The molecule has 1 saturated heterocycles. The van der Waals surface area contributed by atoms with Crippen LogP contribution >= 0.6 is 0 Å². The molecule has 24 heavy (non-hydrogen) atoms. The Bertz CT molecular complexity index is 698. The van der Waals surface area contributed by atoms with Gasteiger partial charge in [-0.15, -0.1) is 0 Å². The van der Waals surface area contributed by atoms with Crippen molar-refractivity contribution in [2.24, 2.45) is 0 Å². The van der Waals surface area contributed by atoms with Gasteiger partial charge in [-0.2, -0.15) is 4.31 Å². The molecule has 1 aromatic carbocycles. The monoisotopic (exact) mass is 352 g/mol. The maximum atomic E-state index is 12.8. The molecule has 1 amide bonds. The molecule has 0 bridgehead atoms. The molecule has 2 aliphatic heterocycles. The van der Waals surface area contributed by atoms with Crippen LogP contribution in [0.1, 0.15) is 24.8 Å². The number of carbonyl (C=O) groups is 1. The predicted molar refractivity (Wildman–Crippen MR) is 92.5 cm³/mol. The van der Waals surface area contributed by atoms with E-state index in [1.165, 1.54) is 4.31 Å². The third kappa shape index (κ3) is 3.96. The molecular formula is C17H24N2O4S. The Morgan fingerprint density at radius 2 is 2.12 bits per heavy atom. The summed E-state index contributed by atoms with van der Waals surface area (Å²) in [6.07, 6.45) is 4.67. The zero-order chi connectivity index (χ0) is 17.2. The number of hydrogen-bond donors (Lipinski definition) is 0. The molecule has 0 saturated carbocycles. The number of para-hydroxylation sites is 1. The summed E-state index contributed by atoms with van der Waals surface area (Å²) in [6, 6.07) is 7.82. The summed E-state index contributed by atoms with van der Waals surface area (Å²) in [5, 5.41) is 0. The molecule has 0 radical (unpaired) electrons. The first-order chi connectivity index (χ1) is 11.4. The van der Waals surface area contributed by atoms with E-state index in [2.05, 4.69) is 0 Å². The minimum Gasteiger partial charge on any atom is -0.377 e. The number of rotatable bonds is 5. The smallest absolute Gasteiger partial charge is 0.242 e. The number of benzene rings is 1. The number of anilines is 1. The van der Waals surface area contributed by atoms with E-state index in [1.807, 2.05) is 24.3 Å². The fraction of sp³-hybridized carbons (Fsp3) is 0.588. The summed E-state index contributed by atoms with van der Waals surface area (Å²) in [4.78, 5) is 14.5. The van der Waals surface area contributed by atoms with E-state index in [4.69, 9.17) is 4.74 Å². The predicted octanol–water partition coefficient (Wildman–Crippen LogP) is 1.41. The molecule has 1 fully saturated rings. The van der Waals surface area contributed by atoms with Crippen molar-refractivity contribution in [3.63, 3.8) is 0 Å². The minimum atomic E-state index is -3.46. The van der Waals surface area contributed by atoms with E-state index in [0.29, 0.717) is 13.2 Å². The molecule has 0 N–H and O–H groups in total. The van der Waals surface area contributed by atoms with Crippen molar-refractivity contribution in [2.75, 3.05) is 37.4 Å². The van der Waals surface area contributed by atoms with Crippen LogP contribution in [0.2, 0.25) is 0 Å². The van der Waals surface area contributed by atoms with E-state index >= 15 is 0 Å². The van der Waals surface area contributed by atoms with Crippen LogP contribution in [0.25, 0.3) is 0 Å². The van der Waals surface area contributed by atoms with Gasteiger partial charge < -0.3 is 9.64 Å². The van der Waals surface area contributed by atoms with E-state index in [9.17, 15) is 13.2 Å². The maximum Gasteiger partial charge on any atom is 0.242 e. The van der Waals surface area contributed by atoms with Crippen molar-refractivity contribution < 1.29 is 17.9 Å². The molecule has 1 aromatic rings. The number of fused-ring (bicyclic) bond motifs is 1. The first-order valence-electron chi connectivity index (χ1n) is 8.40. The zero-order valence-electron chi connectivity index (χ0n) is 14.0. The van der Waals surface area contributed by atoms with Crippen molar-refractivity contribution in [1.29, 1.82) is 0 Å². The van der Waals surface area contributed by atoms with Crippen LogP contribution < -0.4 is 4.90 Å². The van der Waals surface area contributed by atoms with Crippen molar-refractivity contribution >= 4 is 21.6 Å². The molecule has 132 valence electrons. The highest BCUT2D eigenvalue weighted by Gasteiger charge is 2.30. The van der Waals surface area contributed by atoms with E-state index in [0.717, 1.165) is 43.2 Å². The van der Waals surface area contributed by atoms with Crippen LogP contribution in [0.5, 0.6) is 0 Å². The fourth-order valence-electron chi connectivity index (χ4n) is 3.36. The van der Waals surface area contributed by atoms with Crippen LogP contribution in [0.3, 0.4) is 0 Å². The average molecular weight is 352 g/mol. The van der Waals surface area contributed by atoms with Gasteiger partial charge >= 0.3 is 0 Å². The molecule has 3 rings (SSSR count). The Morgan fingerprint density at radius 3 is 2.83 bits per heavy atom. The third-order valence-corrected chi connectivity index (χ3v) is 5.84. The van der Waals surface area contributed by atoms with E-state index in [1.54, 1.807) is 4.90 Å². The van der Waals surface area contributed by atoms with Gasteiger partial charge in [0.1, 0.15) is 0 Å². The normalized spacial score (nSPS) is 21.1. The number of amides is 1. The quantitative estimate of drug-likeness (QED) is 0.803. The highest BCUT2D eigenvalue weighted by Crippen LogP contribution is 2.27. The van der Waals surface area contributed by atoms with Gasteiger partial charge in [0.15, 0.2) is 0 Å². The lowest BCUT2D eigenvalue weighted by Crippen LogP contribution is -2.46. The van der Waals surface area contributed by atoms with Gasteiger partial charge in [-0.05, 0) is 37.3 Å². The highest BCUT2D eigenvalue weighted by molar-refractivity contribution is 7.88. The molecule has 1 unspecified atom stereocenters. The lowest BCUT2D eigenvalue weighted by atomic mass is 10.0. The Kier molecular flexibility index (Phi) is 5.22. The van der Waals surface area contributed by atoms with Crippen LogP contribution in [-0.4, -0.2) is 57.2 Å². The Hall–Kier alpha value is -1.44. The summed E-state index contributed by atoms with van der Waals surface area (Å²) in [7, 11) is -3.46. The first kappa shape index (κ1) is 17.4. The van der Waals surface area contributed by atoms with Gasteiger partial charge in [0, 0.05) is 25.4 Å². The lowest BCUT2D eigenvalue weighted by Gasteiger charge is -2.31. The zero-order valence-corrected chi connectivity index (χ0v) is 14.8. The van der Waals surface area contributed by atoms with Gasteiger partial charge in [0.2, 0.25) is 15.9 Å². The standard InChI is InChI=1S/C17H24N2O4S/c1-24(21,22)18(12-15-8-5-11-23-15)13-17(20)19-10-4-7-14-6-2-3-9-16(14)19/h2-3,6,9,15H,4-5,7-8,10-13H2,1H3. The van der Waals surface area contributed by atoms with Gasteiger partial charge in [-0.25, -0.2) is 8.42 Å². The molecule has 6 nitrogen and oxygen atoms in total. The molecule has 1 atom stereocenters. The minimum absolute atomic E-state index is 0.110. The second-order valence-corrected chi connectivity index (χ2v) is 8.45. The fourth-order valence-corrected chi connectivity index (χ4v) is 4.14. The van der Waals surface area contributed by atoms with Crippen LogP contribution in [-0.2, 0) is 26.0 Å². The highest BCUT2D eigenvalue weighted by atomic mass is 32.2. The molecule has 7 heteroatoms. The number of carbonyl (C=O) groups excluding carboxylic acids is 1. The largest absolute Gasteiger partial charge is 0.377 e. The molecule has 2 heterocycles. The lowest BCUT2D eigenvalue weighted by molar-refractivity contribution is -0.119. The number of aryl methyl sites for hydroxylation is 1. The van der Waals surface area contributed by atoms with Crippen molar-refractivity contribution in [1.82, 2.24) is 4.31 Å². The van der Waals surface area contributed by atoms with Gasteiger partial charge in [-0.1, -0.05) is 18.2 Å². The summed E-state index contributed by atoms with van der Waals surface area (Å²) in [5.74, 6) is -0.175. The number of sulfonamides is 1. The second-order valence-electron chi connectivity index (χ2n) is 6.47. The third-order valence-electron chi connectivity index (χ3n) is 4.62. The topological polar surface area (TPSA) is 66.9 Å². The van der Waals surface area contributed by atoms with Crippen LogP contribution in [0, 0.1) is 0 Å². The van der Waals surface area contributed by atoms with Crippen molar-refractivity contribution in [3.8, 4) is 0 Å². The first-order valence-corrected chi connectivity index (χ1v) is 10.2. The molecule has 0 aromatic heterocycles. The van der Waals surface area contributed by atoms with Crippen molar-refractivity contribution in [2.45, 2.75) is 31.8 Å². The second kappa shape index (κ2) is 7.21. The van der Waals surface area contributed by atoms with Gasteiger partial charge in [0.25, 0.3) is 0 Å². The number of ether oxygens (including phenoxy) is 1. The Labute approximate surface area is 143 Å². The van der Waals surface area contributed by atoms with Crippen molar-refractivity contribution in [3.05, 3.63) is 29.8 Å². The molecular weight excluding hydrogens is 328 g/mol. The molecule has 0 aliphatic carbocycles. The summed E-state index contributed by atoms with van der Waals surface area (Å²) >= 11 is 0. The van der Waals surface area contributed by atoms with E-state index < -0.39 is 10.0 Å². The number of nitrogens with zero attached hydrogens (tertiary/aromatic N) is 2. The molecule has 0 spiro atoms. The Balaban J connectivity index is 1.74. The summed E-state index contributed by atoms with van der Waals surface area (Å²) < 4.78 is 30.9. The van der Waals surface area contributed by atoms with Crippen LogP contribution in [0.4, 0.5) is 5.69 Å². The summed E-state index contributed by atoms with van der Waals surface area (Å²) in [6.45, 7) is 1.41. The Morgan fingerprint density at radius 1 is 1.33 bits per heavy atom. The van der Waals surface area contributed by atoms with E-state index in [-0.39, 0.29) is 25.1 Å². The maximum absolute atomic E-state index is 12.8. The van der Waals surface area contributed by atoms with Gasteiger partial charge in [-0.3, -0.25) is 4.79 Å². The number of hydrogen-bond acceptors (Lipinski definition) is 4.